The Hall–Kier alpha value is -4.39. The number of piperidine rings is 1. The molecule has 0 aromatic carbocycles. The van der Waals surface area contributed by atoms with Crippen LogP contribution in [0.5, 0.6) is 0 Å². The first-order chi connectivity index (χ1) is 23.7. The van der Waals surface area contributed by atoms with Crippen molar-refractivity contribution in [1.29, 1.82) is 0 Å². The number of nitrogens with two attached hydrogens (primary N) is 1. The Balaban J connectivity index is 1.04. The molecule has 0 unspecified atom stereocenters. The quantitative estimate of drug-likeness (QED) is 0.0986. The van der Waals surface area contributed by atoms with Crippen LogP contribution in [-0.2, 0) is 32.3 Å². The number of hydrogen-bond donors (Lipinski definition) is 2. The highest BCUT2D eigenvalue weighted by Crippen LogP contribution is 2.40. The number of halogens is 1. The predicted octanol–water partition coefficient (Wildman–Crippen LogP) is 1.10. The number of fused-ring (bicyclic) bond motifs is 2. The van der Waals surface area contributed by atoms with Crippen LogP contribution >= 0.6 is 46.0 Å². The number of carbonyl (C=O) groups excluding carboxylic acids is 3. The van der Waals surface area contributed by atoms with Gasteiger partial charge in [0.15, 0.2) is 17.0 Å². The van der Waals surface area contributed by atoms with Gasteiger partial charge in [-0.2, -0.15) is 5.10 Å². The number of aromatic nitrogens is 4. The molecule has 4 aromatic rings. The minimum atomic E-state index is -1.46. The number of thiazole rings is 1. The number of oxime groups is 1. The van der Waals surface area contributed by atoms with E-state index in [1.54, 1.807) is 11.3 Å². The van der Waals surface area contributed by atoms with Crippen LogP contribution in [0.3, 0.4) is 0 Å². The third-order valence-corrected chi connectivity index (χ3v) is 11.8. The van der Waals surface area contributed by atoms with Crippen LogP contribution in [0.15, 0.2) is 57.6 Å². The van der Waals surface area contributed by atoms with Crippen molar-refractivity contribution in [3.8, 4) is 0 Å². The van der Waals surface area contributed by atoms with Crippen molar-refractivity contribution < 1.29 is 28.9 Å². The molecule has 3 aliphatic rings. The van der Waals surface area contributed by atoms with Crippen molar-refractivity contribution in [3.63, 3.8) is 0 Å². The van der Waals surface area contributed by atoms with Gasteiger partial charge in [-0.05, 0) is 36.3 Å². The predicted molar refractivity (Wildman–Crippen MR) is 184 cm³/mol. The minimum Gasteiger partial charge on any atom is -0.543 e. The zero-order chi connectivity index (χ0) is 34.2. The number of thiophene rings is 1. The van der Waals surface area contributed by atoms with Crippen molar-refractivity contribution >= 4 is 86.5 Å². The zero-order valence-corrected chi connectivity index (χ0v) is 29.4. The number of β-lactam (4-membered cyclic amide) rings is 1. The molecular weight excluding hydrogens is 712 g/mol. The van der Waals surface area contributed by atoms with Crippen LogP contribution in [0, 0.1) is 0 Å². The molecular formula is C30H31ClN10O5S3. The number of hydrogen-bond acceptors (Lipinski definition) is 13. The molecule has 19 heteroatoms. The maximum absolute atomic E-state index is 13.3. The first-order valence-electron chi connectivity index (χ1n) is 15.4. The second-order valence-electron chi connectivity index (χ2n) is 11.5. The van der Waals surface area contributed by atoms with E-state index in [0.717, 1.165) is 35.6 Å². The van der Waals surface area contributed by atoms with Crippen LogP contribution < -0.4 is 20.7 Å². The van der Waals surface area contributed by atoms with E-state index in [0.29, 0.717) is 17.9 Å². The fourth-order valence-corrected chi connectivity index (χ4v) is 9.20. The summed E-state index contributed by atoms with van der Waals surface area (Å²) < 4.78 is 6.08. The van der Waals surface area contributed by atoms with E-state index in [4.69, 9.17) is 22.2 Å². The van der Waals surface area contributed by atoms with Crippen LogP contribution in [0.4, 0.5) is 5.13 Å². The maximum atomic E-state index is 13.3. The standard InChI is InChI=1S/C30H31ClN10O5S3/c1-46-36-22(21-25(31)49-30(32)35-21)26(42)34-23-27(43)41-24(29(44)45)18(16-48-28(23)41)13-39-8-5-20-37(9-10-40(20)39)14-19-11-17(15-47-19)12-33-38-6-3-2-4-7-38/h5,8-12,15,23,28H,2-4,6-7,13-14,16H2,1H3,(H3-,32,34,35,42,44,45)/b33-12?,36-22-/t23-,28-/m1/s1. The van der Waals surface area contributed by atoms with Gasteiger partial charge < -0.3 is 25.8 Å². The molecule has 15 nitrogen and oxygen atoms in total. The van der Waals surface area contributed by atoms with E-state index in [9.17, 15) is 19.5 Å². The second kappa shape index (κ2) is 13.9. The lowest BCUT2D eigenvalue weighted by Gasteiger charge is -2.50. The monoisotopic (exact) mass is 742 g/mol. The molecule has 256 valence electrons. The largest absolute Gasteiger partial charge is 0.543 e. The van der Waals surface area contributed by atoms with Gasteiger partial charge in [0, 0.05) is 29.3 Å². The Kier molecular flexibility index (Phi) is 9.36. The first kappa shape index (κ1) is 33.1. The minimum absolute atomic E-state index is 0.0169. The second-order valence-corrected chi connectivity index (χ2v) is 15.3. The summed E-state index contributed by atoms with van der Waals surface area (Å²) in [7, 11) is 1.25. The third-order valence-electron chi connectivity index (χ3n) is 8.40. The Morgan fingerprint density at radius 1 is 1.29 bits per heavy atom. The molecule has 0 spiro atoms. The molecule has 2 saturated heterocycles. The Bertz CT molecular complexity index is 2020. The fraction of sp³-hybridized carbons (Fsp3) is 0.367. The molecule has 3 N–H and O–H groups in total. The molecule has 0 radical (unpaired) electrons. The van der Waals surface area contributed by atoms with E-state index < -0.39 is 29.2 Å². The molecule has 2 amide bonds. The molecule has 7 heterocycles. The first-order valence-corrected chi connectivity index (χ1v) is 18.5. The van der Waals surface area contributed by atoms with Gasteiger partial charge in [-0.3, -0.25) is 19.5 Å². The van der Waals surface area contributed by atoms with Crippen molar-refractivity contribution in [3.05, 3.63) is 67.8 Å². The van der Waals surface area contributed by atoms with E-state index in [2.05, 4.69) is 41.6 Å². The van der Waals surface area contributed by atoms with Gasteiger partial charge in [0.25, 0.3) is 11.8 Å². The van der Waals surface area contributed by atoms with Gasteiger partial charge >= 0.3 is 5.65 Å². The van der Waals surface area contributed by atoms with Crippen molar-refractivity contribution in [2.75, 3.05) is 31.7 Å². The number of nitrogen functional groups attached to an aromatic ring is 1. The van der Waals surface area contributed by atoms with E-state index >= 15 is 0 Å². The average molecular weight is 743 g/mol. The summed E-state index contributed by atoms with van der Waals surface area (Å²) in [6.45, 7) is 2.89. The average Bonchev–Trinajstić information content (AvgIpc) is 3.88. The molecule has 49 heavy (non-hydrogen) atoms. The number of nitrogens with zero attached hydrogens (tertiary/aromatic N) is 8. The molecule has 4 aromatic heterocycles. The van der Waals surface area contributed by atoms with Crippen molar-refractivity contribution in [2.24, 2.45) is 10.3 Å². The van der Waals surface area contributed by atoms with Gasteiger partial charge in [0.05, 0.1) is 36.7 Å². The number of rotatable bonds is 11. The topological polar surface area (TPSA) is 179 Å². The molecule has 7 rings (SSSR count). The van der Waals surface area contributed by atoms with Crippen LogP contribution in [-0.4, -0.2) is 91.2 Å². The van der Waals surface area contributed by atoms with Gasteiger partial charge in [-0.25, -0.2) is 14.2 Å². The van der Waals surface area contributed by atoms with Crippen LogP contribution in [0.1, 0.15) is 35.4 Å². The van der Waals surface area contributed by atoms with Crippen molar-refractivity contribution in [2.45, 2.75) is 43.8 Å². The lowest BCUT2D eigenvalue weighted by atomic mass is 10.0. The molecule has 2 atom stereocenters. The number of amides is 2. The van der Waals surface area contributed by atoms with Crippen LogP contribution in [0.2, 0.25) is 4.34 Å². The molecule has 3 aliphatic heterocycles. The number of nitrogens with one attached hydrogen (secondary N) is 1. The highest BCUT2D eigenvalue weighted by Gasteiger charge is 2.53. The summed E-state index contributed by atoms with van der Waals surface area (Å²) in [6, 6.07) is 3.10. The summed E-state index contributed by atoms with van der Waals surface area (Å²) >= 11 is 10.2. The molecule has 2 fully saturated rings. The van der Waals surface area contributed by atoms with E-state index in [-0.39, 0.29) is 33.1 Å². The fourth-order valence-electron chi connectivity index (χ4n) is 6.11. The van der Waals surface area contributed by atoms with Gasteiger partial charge in [-0.15, -0.1) is 27.6 Å². The lowest BCUT2D eigenvalue weighted by molar-refractivity contribution is -0.661. The maximum Gasteiger partial charge on any atom is 0.307 e. The summed E-state index contributed by atoms with van der Waals surface area (Å²) in [5.74, 6) is -2.52. The number of anilines is 1. The zero-order valence-electron chi connectivity index (χ0n) is 26.2. The molecule has 0 bridgehead atoms. The Morgan fingerprint density at radius 2 is 2.10 bits per heavy atom. The smallest absolute Gasteiger partial charge is 0.307 e. The highest BCUT2D eigenvalue weighted by atomic mass is 35.5. The Morgan fingerprint density at radius 3 is 2.84 bits per heavy atom. The Labute approximate surface area is 297 Å². The highest BCUT2D eigenvalue weighted by molar-refractivity contribution is 8.00. The normalized spacial score (nSPS) is 19.9. The lowest BCUT2D eigenvalue weighted by Crippen LogP contribution is -2.71. The summed E-state index contributed by atoms with van der Waals surface area (Å²) in [5, 5.41) is 27.1. The number of thioether (sulfide) groups is 1. The van der Waals surface area contributed by atoms with E-state index in [1.807, 2.05) is 40.1 Å². The number of aliphatic carboxylic acids is 1. The molecule has 0 saturated carbocycles. The summed E-state index contributed by atoms with van der Waals surface area (Å²) in [5.41, 5.74) is 7.79. The van der Waals surface area contributed by atoms with E-state index in [1.165, 1.54) is 47.9 Å². The van der Waals surface area contributed by atoms with Gasteiger partial charge in [0.2, 0.25) is 0 Å². The van der Waals surface area contributed by atoms with Gasteiger partial charge in [0.1, 0.15) is 41.3 Å². The summed E-state index contributed by atoms with van der Waals surface area (Å²) in [6.07, 6.45) is 11.3. The molecule has 0 aliphatic carbocycles. The number of imidazole rings is 1. The number of carboxylic acids is 1. The van der Waals surface area contributed by atoms with Crippen LogP contribution in [0.25, 0.3) is 5.65 Å². The van der Waals surface area contributed by atoms with Crippen molar-refractivity contribution in [1.82, 2.24) is 29.4 Å². The number of carbonyl (C=O) groups is 3. The number of hydrazone groups is 1. The third kappa shape index (κ3) is 6.52. The number of carboxylic acid groups (broad SMARTS) is 1. The van der Waals surface area contributed by atoms with Gasteiger partial charge in [-0.1, -0.05) is 28.1 Å². The SMILES string of the molecule is CO/N=C(\C(=O)N[C@@H]1C(=O)N2C(C(=O)[O-])=C(Cn3ccc4n3cc[n+]4Cc3cc(C=NN4CCCCC4)cs3)CS[C@H]12)c1nc(N)sc1Cl. The summed E-state index contributed by atoms with van der Waals surface area (Å²) in [4.78, 5) is 50.1.